The average molecular weight is 356 g/mol. The quantitative estimate of drug-likeness (QED) is 0.893. The summed E-state index contributed by atoms with van der Waals surface area (Å²) < 4.78 is 13.9. The van der Waals surface area contributed by atoms with Gasteiger partial charge in [0.2, 0.25) is 0 Å². The fraction of sp³-hybridized carbons (Fsp3) is 0.400. The zero-order valence-corrected chi connectivity index (χ0v) is 15.3. The summed E-state index contributed by atoms with van der Waals surface area (Å²) in [5.74, 6) is 0.264. The number of aromatic nitrogens is 1. The van der Waals surface area contributed by atoms with Crippen molar-refractivity contribution < 1.29 is 9.18 Å². The van der Waals surface area contributed by atoms with Crippen LogP contribution in [0.1, 0.15) is 24.2 Å². The molecule has 3 rings (SSSR count). The van der Waals surface area contributed by atoms with Crippen molar-refractivity contribution in [1.29, 1.82) is 0 Å². The molecule has 0 radical (unpaired) electrons. The molecule has 6 heteroatoms. The number of carbonyl (C=O) groups excluding carboxylic acids is 1. The van der Waals surface area contributed by atoms with Gasteiger partial charge < -0.3 is 15.1 Å². The molecule has 1 aliphatic rings. The van der Waals surface area contributed by atoms with Crippen LogP contribution in [0.15, 0.2) is 42.7 Å². The summed E-state index contributed by atoms with van der Waals surface area (Å²) in [6.45, 7) is 7.46. The minimum Gasteiger partial charge on any atom is -0.384 e. The minimum atomic E-state index is -0.222. The Kier molecular flexibility index (Phi) is 5.71. The molecule has 0 saturated carbocycles. The molecule has 0 unspecified atom stereocenters. The van der Waals surface area contributed by atoms with Gasteiger partial charge in [-0.25, -0.2) is 4.39 Å². The van der Waals surface area contributed by atoms with Gasteiger partial charge in [0.1, 0.15) is 5.82 Å². The standard InChI is InChI=1S/C20H25FN4O/c1-15(2)12-23-17-11-16(13-22-14-17)20(26)25-9-7-24(8-10-25)19-6-4-3-5-18(19)21/h3-6,11,13-15,23H,7-10,12H2,1-2H3. The Bertz CT molecular complexity index is 757. The second-order valence-electron chi connectivity index (χ2n) is 6.97. The summed E-state index contributed by atoms with van der Waals surface area (Å²) in [6.07, 6.45) is 3.33. The van der Waals surface area contributed by atoms with E-state index in [0.29, 0.717) is 43.3 Å². The highest BCUT2D eigenvalue weighted by atomic mass is 19.1. The molecule has 2 aromatic rings. The molecule has 1 aromatic carbocycles. The van der Waals surface area contributed by atoms with Crippen LogP contribution in [0, 0.1) is 11.7 Å². The first-order valence-electron chi connectivity index (χ1n) is 9.02. The van der Waals surface area contributed by atoms with E-state index in [0.717, 1.165) is 12.2 Å². The maximum atomic E-state index is 13.9. The van der Waals surface area contributed by atoms with Crippen LogP contribution in [0.5, 0.6) is 0 Å². The third kappa shape index (κ3) is 4.31. The second kappa shape index (κ2) is 8.17. The third-order valence-corrected chi connectivity index (χ3v) is 4.46. The second-order valence-corrected chi connectivity index (χ2v) is 6.97. The van der Waals surface area contributed by atoms with Gasteiger partial charge >= 0.3 is 0 Å². The van der Waals surface area contributed by atoms with Gasteiger partial charge in [-0.2, -0.15) is 0 Å². The van der Waals surface area contributed by atoms with E-state index in [2.05, 4.69) is 24.1 Å². The van der Waals surface area contributed by atoms with Gasteiger partial charge in [0.25, 0.3) is 5.91 Å². The summed E-state index contributed by atoms with van der Waals surface area (Å²) in [7, 11) is 0. The molecular weight excluding hydrogens is 331 g/mol. The van der Waals surface area contributed by atoms with Crippen LogP contribution in [-0.2, 0) is 0 Å². The van der Waals surface area contributed by atoms with Crippen molar-refractivity contribution in [3.63, 3.8) is 0 Å². The Labute approximate surface area is 153 Å². The average Bonchev–Trinajstić information content (AvgIpc) is 2.66. The van der Waals surface area contributed by atoms with Crippen molar-refractivity contribution in [2.45, 2.75) is 13.8 Å². The molecule has 0 bridgehead atoms. The molecule has 1 aromatic heterocycles. The number of halogens is 1. The van der Waals surface area contributed by atoms with Crippen LogP contribution in [0.3, 0.4) is 0 Å². The molecule has 1 fully saturated rings. The molecule has 0 atom stereocenters. The van der Waals surface area contributed by atoms with Crippen LogP contribution in [0.4, 0.5) is 15.8 Å². The number of carbonyl (C=O) groups is 1. The number of amides is 1. The molecule has 5 nitrogen and oxygen atoms in total. The summed E-state index contributed by atoms with van der Waals surface area (Å²) in [4.78, 5) is 20.7. The van der Waals surface area contributed by atoms with Crippen LogP contribution in [-0.4, -0.2) is 48.5 Å². The Hall–Kier alpha value is -2.63. The van der Waals surface area contributed by atoms with Gasteiger partial charge in [-0.05, 0) is 24.1 Å². The topological polar surface area (TPSA) is 48.5 Å². The Morgan fingerprint density at radius 2 is 1.92 bits per heavy atom. The van der Waals surface area contributed by atoms with E-state index in [-0.39, 0.29) is 11.7 Å². The first-order chi connectivity index (χ1) is 12.5. The lowest BCUT2D eigenvalue weighted by Gasteiger charge is -2.36. The van der Waals surface area contributed by atoms with Crippen molar-refractivity contribution in [1.82, 2.24) is 9.88 Å². The van der Waals surface area contributed by atoms with Crippen LogP contribution >= 0.6 is 0 Å². The molecular formula is C20H25FN4O. The lowest BCUT2D eigenvalue weighted by atomic mass is 10.2. The smallest absolute Gasteiger partial charge is 0.255 e. The molecule has 0 aliphatic carbocycles. The highest BCUT2D eigenvalue weighted by Gasteiger charge is 2.23. The fourth-order valence-electron chi connectivity index (χ4n) is 3.02. The zero-order chi connectivity index (χ0) is 18.5. The van der Waals surface area contributed by atoms with E-state index in [9.17, 15) is 9.18 Å². The van der Waals surface area contributed by atoms with Gasteiger partial charge in [0.05, 0.1) is 16.9 Å². The van der Waals surface area contributed by atoms with E-state index in [1.165, 1.54) is 6.07 Å². The van der Waals surface area contributed by atoms with E-state index in [1.54, 1.807) is 29.4 Å². The van der Waals surface area contributed by atoms with E-state index in [4.69, 9.17) is 0 Å². The lowest BCUT2D eigenvalue weighted by Crippen LogP contribution is -2.49. The number of piperazine rings is 1. The largest absolute Gasteiger partial charge is 0.384 e. The van der Waals surface area contributed by atoms with Crippen molar-refractivity contribution in [3.05, 3.63) is 54.1 Å². The molecule has 1 amide bonds. The number of pyridine rings is 1. The van der Waals surface area contributed by atoms with E-state index < -0.39 is 0 Å². The number of anilines is 2. The van der Waals surface area contributed by atoms with Crippen molar-refractivity contribution >= 4 is 17.3 Å². The monoisotopic (exact) mass is 356 g/mol. The summed E-state index contributed by atoms with van der Waals surface area (Å²) in [5, 5.41) is 3.29. The maximum Gasteiger partial charge on any atom is 0.255 e. The van der Waals surface area contributed by atoms with Crippen molar-refractivity contribution in [3.8, 4) is 0 Å². The van der Waals surface area contributed by atoms with Crippen molar-refractivity contribution in [2.24, 2.45) is 5.92 Å². The summed E-state index contributed by atoms with van der Waals surface area (Å²) in [5.41, 5.74) is 2.04. The van der Waals surface area contributed by atoms with Crippen molar-refractivity contribution in [2.75, 3.05) is 42.9 Å². The van der Waals surface area contributed by atoms with Gasteiger partial charge in [-0.3, -0.25) is 9.78 Å². The van der Waals surface area contributed by atoms with Crippen LogP contribution < -0.4 is 10.2 Å². The van der Waals surface area contributed by atoms with E-state index in [1.807, 2.05) is 17.0 Å². The number of para-hydroxylation sites is 1. The molecule has 1 saturated heterocycles. The predicted molar refractivity (Wildman–Crippen MR) is 102 cm³/mol. The number of rotatable bonds is 5. The third-order valence-electron chi connectivity index (χ3n) is 4.46. The fourth-order valence-corrected chi connectivity index (χ4v) is 3.02. The normalized spacial score (nSPS) is 14.6. The molecule has 138 valence electrons. The van der Waals surface area contributed by atoms with Gasteiger partial charge in [0, 0.05) is 45.1 Å². The first-order valence-corrected chi connectivity index (χ1v) is 9.02. The number of hydrogen-bond donors (Lipinski definition) is 1. The zero-order valence-electron chi connectivity index (χ0n) is 15.3. The summed E-state index contributed by atoms with van der Waals surface area (Å²) >= 11 is 0. The Morgan fingerprint density at radius 3 is 2.62 bits per heavy atom. The molecule has 0 spiro atoms. The predicted octanol–water partition coefficient (Wildman–Crippen LogP) is 3.25. The van der Waals surface area contributed by atoms with Gasteiger partial charge in [0.15, 0.2) is 0 Å². The number of nitrogens with one attached hydrogen (secondary N) is 1. The van der Waals surface area contributed by atoms with Crippen LogP contribution in [0.2, 0.25) is 0 Å². The number of benzene rings is 1. The Balaban J connectivity index is 1.62. The number of nitrogens with zero attached hydrogens (tertiary/aromatic N) is 3. The maximum absolute atomic E-state index is 13.9. The lowest BCUT2D eigenvalue weighted by molar-refractivity contribution is 0.0746. The minimum absolute atomic E-state index is 0.0288. The van der Waals surface area contributed by atoms with Crippen LogP contribution in [0.25, 0.3) is 0 Å². The number of hydrogen-bond acceptors (Lipinski definition) is 4. The molecule has 1 N–H and O–H groups in total. The summed E-state index contributed by atoms with van der Waals surface area (Å²) in [6, 6.07) is 8.61. The first kappa shape index (κ1) is 18.2. The molecule has 1 aliphatic heterocycles. The highest BCUT2D eigenvalue weighted by molar-refractivity contribution is 5.95. The molecule has 2 heterocycles. The van der Waals surface area contributed by atoms with Gasteiger partial charge in [-0.1, -0.05) is 26.0 Å². The molecule has 26 heavy (non-hydrogen) atoms. The highest BCUT2D eigenvalue weighted by Crippen LogP contribution is 2.21. The van der Waals surface area contributed by atoms with E-state index >= 15 is 0 Å². The SMILES string of the molecule is CC(C)CNc1cncc(C(=O)N2CCN(c3ccccc3F)CC2)c1. The Morgan fingerprint density at radius 1 is 1.19 bits per heavy atom. The van der Waals surface area contributed by atoms with Gasteiger partial charge in [-0.15, -0.1) is 0 Å².